The van der Waals surface area contributed by atoms with Gasteiger partial charge in [-0.05, 0) is 23.8 Å². The van der Waals surface area contributed by atoms with Crippen molar-refractivity contribution < 1.29 is 31.2 Å². The zero-order chi connectivity index (χ0) is 15.8. The van der Waals surface area contributed by atoms with Crippen molar-refractivity contribution in [2.75, 3.05) is 14.2 Å². The molecule has 0 radical (unpaired) electrons. The highest BCUT2D eigenvalue weighted by atomic mass is 35.5. The molecule has 0 fully saturated rings. The number of carbonyl (C=O) groups excluding carboxylic acids is 1. The van der Waals surface area contributed by atoms with E-state index < -0.39 is 0 Å². The molecule has 1 aromatic heterocycles. The Morgan fingerprint density at radius 1 is 1.17 bits per heavy atom. The second-order valence-electron chi connectivity index (χ2n) is 4.46. The van der Waals surface area contributed by atoms with E-state index >= 15 is 0 Å². The molecule has 0 aliphatic heterocycles. The number of pyridine rings is 1. The number of nitrogens with zero attached hydrogens (tertiary/aromatic N) is 2. The number of aromatic nitrogens is 1. The number of methoxy groups -OCH3 is 2. The van der Waals surface area contributed by atoms with E-state index in [1.807, 2.05) is 36.7 Å². The molecule has 0 aliphatic rings. The first-order chi connectivity index (χ1) is 10.7. The standard InChI is InChI=1S/C16H17N3O3.ClH/c1-21-14-7-6-13(10-15(14)22-2)11-17-18-16(20)12-19-8-4-3-5-9-19;/h3-11H,12H2,1-2H3;1H/b17-11-;. The number of rotatable bonds is 6. The largest absolute Gasteiger partial charge is 1.00 e. The smallest absolute Gasteiger partial charge is 0.305 e. The third-order valence-electron chi connectivity index (χ3n) is 2.91. The highest BCUT2D eigenvalue weighted by molar-refractivity contribution is 5.82. The van der Waals surface area contributed by atoms with Gasteiger partial charge in [-0.3, -0.25) is 4.79 Å². The molecule has 1 amide bonds. The van der Waals surface area contributed by atoms with Crippen LogP contribution in [-0.2, 0) is 11.3 Å². The summed E-state index contributed by atoms with van der Waals surface area (Å²) in [5.41, 5.74) is 3.28. The molecule has 1 aromatic carbocycles. The summed E-state index contributed by atoms with van der Waals surface area (Å²) in [6.07, 6.45) is 5.19. The Labute approximate surface area is 141 Å². The lowest BCUT2D eigenvalue weighted by atomic mass is 10.2. The Bertz CT molecular complexity index is 663. The lowest BCUT2D eigenvalue weighted by Crippen LogP contribution is -3.00. The van der Waals surface area contributed by atoms with Gasteiger partial charge in [0.1, 0.15) is 0 Å². The maximum absolute atomic E-state index is 11.7. The van der Waals surface area contributed by atoms with Gasteiger partial charge in [-0.2, -0.15) is 9.67 Å². The third kappa shape index (κ3) is 5.60. The van der Waals surface area contributed by atoms with Crippen LogP contribution in [0.5, 0.6) is 11.5 Å². The lowest BCUT2D eigenvalue weighted by molar-refractivity contribution is -0.684. The number of nitrogens with one attached hydrogen (secondary N) is 1. The van der Waals surface area contributed by atoms with E-state index in [0.29, 0.717) is 11.5 Å². The molecule has 0 spiro atoms. The van der Waals surface area contributed by atoms with E-state index in [4.69, 9.17) is 9.47 Å². The van der Waals surface area contributed by atoms with E-state index in [1.54, 1.807) is 37.1 Å². The third-order valence-corrected chi connectivity index (χ3v) is 2.91. The highest BCUT2D eigenvalue weighted by Crippen LogP contribution is 2.26. The van der Waals surface area contributed by atoms with Crippen LogP contribution in [0.3, 0.4) is 0 Å². The summed E-state index contributed by atoms with van der Waals surface area (Å²) in [7, 11) is 3.14. The van der Waals surface area contributed by atoms with Crippen molar-refractivity contribution in [3.63, 3.8) is 0 Å². The average molecular weight is 336 g/mol. The molecule has 0 saturated carbocycles. The Morgan fingerprint density at radius 2 is 1.87 bits per heavy atom. The lowest BCUT2D eigenvalue weighted by Gasteiger charge is -2.07. The zero-order valence-corrected chi connectivity index (χ0v) is 13.7. The Kier molecular flexibility index (Phi) is 7.56. The van der Waals surface area contributed by atoms with Crippen LogP contribution in [0.1, 0.15) is 5.56 Å². The molecule has 23 heavy (non-hydrogen) atoms. The van der Waals surface area contributed by atoms with Crippen LogP contribution in [0, 0.1) is 0 Å². The summed E-state index contributed by atoms with van der Waals surface area (Å²) in [5.74, 6) is 1.05. The molecule has 1 heterocycles. The van der Waals surface area contributed by atoms with Gasteiger partial charge in [0.2, 0.25) is 6.54 Å². The minimum atomic E-state index is -0.201. The van der Waals surface area contributed by atoms with Gasteiger partial charge in [0, 0.05) is 12.1 Å². The maximum atomic E-state index is 11.7. The van der Waals surface area contributed by atoms with Crippen LogP contribution >= 0.6 is 0 Å². The number of benzene rings is 1. The fourth-order valence-electron chi connectivity index (χ4n) is 1.85. The van der Waals surface area contributed by atoms with Crippen LogP contribution in [0.2, 0.25) is 0 Å². The van der Waals surface area contributed by atoms with Gasteiger partial charge >= 0.3 is 5.91 Å². The summed E-state index contributed by atoms with van der Waals surface area (Å²) in [6, 6.07) is 11.0. The minimum absolute atomic E-state index is 0. The zero-order valence-electron chi connectivity index (χ0n) is 12.9. The first-order valence-electron chi connectivity index (χ1n) is 6.71. The second-order valence-corrected chi connectivity index (χ2v) is 4.46. The van der Waals surface area contributed by atoms with Crippen molar-refractivity contribution in [1.29, 1.82) is 0 Å². The first-order valence-corrected chi connectivity index (χ1v) is 6.71. The van der Waals surface area contributed by atoms with E-state index in [2.05, 4.69) is 10.5 Å². The predicted molar refractivity (Wildman–Crippen MR) is 81.9 cm³/mol. The molecule has 0 aliphatic carbocycles. The molecule has 122 valence electrons. The maximum Gasteiger partial charge on any atom is 0.305 e. The van der Waals surface area contributed by atoms with Gasteiger partial charge < -0.3 is 21.9 Å². The van der Waals surface area contributed by atoms with Crippen molar-refractivity contribution in [2.45, 2.75) is 6.54 Å². The molecule has 0 bridgehead atoms. The van der Waals surface area contributed by atoms with Crippen molar-refractivity contribution in [3.8, 4) is 11.5 Å². The minimum Gasteiger partial charge on any atom is -1.00 e. The molecule has 2 rings (SSSR count). The normalized spacial score (nSPS) is 10.0. The van der Waals surface area contributed by atoms with Crippen molar-refractivity contribution in [2.24, 2.45) is 5.10 Å². The molecule has 2 aromatic rings. The van der Waals surface area contributed by atoms with Crippen LogP contribution in [0.15, 0.2) is 53.9 Å². The number of hydrogen-bond acceptors (Lipinski definition) is 4. The Balaban J connectivity index is 0.00000264. The second kappa shape index (κ2) is 9.42. The number of hydrazone groups is 1. The van der Waals surface area contributed by atoms with Crippen LogP contribution in [-0.4, -0.2) is 26.3 Å². The molecule has 7 heteroatoms. The molecular formula is C16H18ClN3O3. The number of ether oxygens (including phenoxy) is 2. The summed E-state index contributed by atoms with van der Waals surface area (Å²) in [4.78, 5) is 11.7. The molecule has 0 atom stereocenters. The molecule has 1 N–H and O–H groups in total. The summed E-state index contributed by atoms with van der Waals surface area (Å²) >= 11 is 0. The summed E-state index contributed by atoms with van der Waals surface area (Å²) in [6.45, 7) is 0.212. The molecule has 0 saturated heterocycles. The van der Waals surface area contributed by atoms with E-state index in [9.17, 15) is 4.79 Å². The van der Waals surface area contributed by atoms with E-state index in [0.717, 1.165) is 5.56 Å². The van der Waals surface area contributed by atoms with Crippen molar-refractivity contribution in [3.05, 3.63) is 54.4 Å². The van der Waals surface area contributed by atoms with E-state index in [1.165, 1.54) is 0 Å². The fourth-order valence-corrected chi connectivity index (χ4v) is 1.85. The fraction of sp³-hybridized carbons (Fsp3) is 0.188. The quantitative estimate of drug-likeness (QED) is 0.383. The van der Waals surface area contributed by atoms with Gasteiger partial charge in [-0.15, -0.1) is 0 Å². The van der Waals surface area contributed by atoms with Crippen LogP contribution < -0.4 is 31.9 Å². The average Bonchev–Trinajstić information content (AvgIpc) is 2.55. The number of hydrogen-bond donors (Lipinski definition) is 1. The Hall–Kier alpha value is -2.60. The van der Waals surface area contributed by atoms with Gasteiger partial charge in [0.05, 0.1) is 20.4 Å². The number of halogens is 1. The summed E-state index contributed by atoms with van der Waals surface area (Å²) in [5, 5.41) is 3.93. The van der Waals surface area contributed by atoms with Gasteiger partial charge in [0.25, 0.3) is 0 Å². The Morgan fingerprint density at radius 3 is 2.52 bits per heavy atom. The number of amides is 1. The van der Waals surface area contributed by atoms with E-state index in [-0.39, 0.29) is 24.9 Å². The molecule has 6 nitrogen and oxygen atoms in total. The SMILES string of the molecule is COc1ccc(/C=N\NC(=O)C[n+]2ccccc2)cc1OC.[Cl-]. The van der Waals surface area contributed by atoms with Gasteiger partial charge in [-0.1, -0.05) is 6.07 Å². The monoisotopic (exact) mass is 335 g/mol. The first kappa shape index (κ1) is 18.4. The topological polar surface area (TPSA) is 63.8 Å². The van der Waals surface area contributed by atoms with Gasteiger partial charge in [0.15, 0.2) is 23.9 Å². The highest BCUT2D eigenvalue weighted by Gasteiger charge is 2.07. The molecule has 0 unspecified atom stereocenters. The van der Waals surface area contributed by atoms with Crippen molar-refractivity contribution >= 4 is 12.1 Å². The summed E-state index contributed by atoms with van der Waals surface area (Å²) < 4.78 is 12.1. The van der Waals surface area contributed by atoms with Crippen molar-refractivity contribution in [1.82, 2.24) is 5.43 Å². The van der Waals surface area contributed by atoms with Crippen LogP contribution in [0.25, 0.3) is 0 Å². The van der Waals surface area contributed by atoms with Crippen LogP contribution in [0.4, 0.5) is 0 Å². The number of carbonyl (C=O) groups is 1. The predicted octanol–water partition coefficient (Wildman–Crippen LogP) is -1.85. The van der Waals surface area contributed by atoms with Gasteiger partial charge in [-0.25, -0.2) is 5.43 Å². The molecular weight excluding hydrogens is 318 g/mol.